The number of amides is 1. The van der Waals surface area contributed by atoms with Crippen LogP contribution in [0.5, 0.6) is 0 Å². The second-order valence-corrected chi connectivity index (χ2v) is 7.16. The number of methoxy groups -OCH3 is 1. The summed E-state index contributed by atoms with van der Waals surface area (Å²) in [6.07, 6.45) is 5.29. The summed E-state index contributed by atoms with van der Waals surface area (Å²) in [6.45, 7) is 10.6. The molecule has 1 aromatic rings. The van der Waals surface area contributed by atoms with Crippen LogP contribution in [0.2, 0.25) is 0 Å². The smallest absolute Gasteiger partial charge is 0.413 e. The van der Waals surface area contributed by atoms with Crippen molar-refractivity contribution in [3.63, 3.8) is 0 Å². The van der Waals surface area contributed by atoms with Gasteiger partial charge in [-0.1, -0.05) is 6.08 Å². The minimum absolute atomic E-state index is 0.409. The Bertz CT molecular complexity index is 616. The molecule has 0 unspecified atom stereocenters. The molecule has 0 atom stereocenters. The summed E-state index contributed by atoms with van der Waals surface area (Å²) >= 11 is 0. The first kappa shape index (κ1) is 19.4. The molecule has 0 radical (unpaired) electrons. The summed E-state index contributed by atoms with van der Waals surface area (Å²) in [5, 5.41) is 2.69. The molecule has 1 aromatic heterocycles. The van der Waals surface area contributed by atoms with Crippen molar-refractivity contribution in [2.24, 2.45) is 0 Å². The fourth-order valence-electron chi connectivity index (χ4n) is 2.99. The Morgan fingerprint density at radius 2 is 2.12 bits per heavy atom. The Morgan fingerprint density at radius 3 is 2.68 bits per heavy atom. The first-order valence-corrected chi connectivity index (χ1v) is 8.53. The quantitative estimate of drug-likeness (QED) is 0.820. The summed E-state index contributed by atoms with van der Waals surface area (Å²) < 4.78 is 16.6. The van der Waals surface area contributed by atoms with Crippen LogP contribution in [0, 0.1) is 0 Å². The average molecular weight is 348 g/mol. The number of hydrogen-bond acceptors (Lipinski definition) is 5. The molecule has 2 rings (SSSR count). The highest BCUT2D eigenvalue weighted by Gasteiger charge is 2.36. The molecule has 6 nitrogen and oxygen atoms in total. The van der Waals surface area contributed by atoms with Crippen LogP contribution in [-0.4, -0.2) is 37.0 Å². The van der Waals surface area contributed by atoms with Crippen molar-refractivity contribution >= 4 is 11.9 Å². The zero-order chi connectivity index (χ0) is 18.5. The Kier molecular flexibility index (Phi) is 6.19. The summed E-state index contributed by atoms with van der Waals surface area (Å²) in [6, 6.07) is 1.86. The minimum Gasteiger partial charge on any atom is -0.444 e. The van der Waals surface area contributed by atoms with Gasteiger partial charge in [-0.25, -0.2) is 9.78 Å². The van der Waals surface area contributed by atoms with E-state index >= 15 is 0 Å². The Balaban J connectivity index is 2.28. The van der Waals surface area contributed by atoms with Crippen LogP contribution in [-0.2, 0) is 26.2 Å². The van der Waals surface area contributed by atoms with E-state index in [4.69, 9.17) is 14.2 Å². The van der Waals surface area contributed by atoms with Gasteiger partial charge in [0.15, 0.2) is 0 Å². The van der Waals surface area contributed by atoms with E-state index in [9.17, 15) is 4.79 Å². The highest BCUT2D eigenvalue weighted by Crippen LogP contribution is 2.38. The molecule has 1 N–H and O–H groups in total. The van der Waals surface area contributed by atoms with Gasteiger partial charge >= 0.3 is 6.09 Å². The van der Waals surface area contributed by atoms with Crippen molar-refractivity contribution < 1.29 is 19.0 Å². The van der Waals surface area contributed by atoms with Crippen LogP contribution in [0.25, 0.3) is 0 Å². The van der Waals surface area contributed by atoms with E-state index in [1.807, 2.05) is 32.9 Å². The molecular weight excluding hydrogens is 320 g/mol. The number of aromatic nitrogens is 1. The number of carbonyl (C=O) groups is 1. The van der Waals surface area contributed by atoms with Crippen LogP contribution in [0.4, 0.5) is 10.6 Å². The van der Waals surface area contributed by atoms with Gasteiger partial charge in [0.25, 0.3) is 0 Å². The summed E-state index contributed by atoms with van der Waals surface area (Å²) in [5.74, 6) is 0.452. The number of pyridine rings is 1. The number of anilines is 1. The third-order valence-corrected chi connectivity index (χ3v) is 4.16. The third-order valence-electron chi connectivity index (χ3n) is 4.16. The SMILES string of the molecule is C=CCc1cc(NC(=O)OC(C)(C)C)ncc1C1(OC)CCOCC1. The third kappa shape index (κ3) is 5.03. The van der Waals surface area contributed by atoms with E-state index in [0.29, 0.717) is 25.5 Å². The maximum atomic E-state index is 12.0. The largest absolute Gasteiger partial charge is 0.444 e. The minimum atomic E-state index is -0.559. The molecule has 2 heterocycles. The van der Waals surface area contributed by atoms with Gasteiger partial charge in [-0.15, -0.1) is 6.58 Å². The van der Waals surface area contributed by atoms with Crippen LogP contribution < -0.4 is 5.32 Å². The number of hydrogen-bond donors (Lipinski definition) is 1. The van der Waals surface area contributed by atoms with Gasteiger partial charge in [0.1, 0.15) is 11.4 Å². The summed E-state index contributed by atoms with van der Waals surface area (Å²) in [7, 11) is 1.72. The van der Waals surface area contributed by atoms with Gasteiger partial charge in [-0.05, 0) is 38.8 Å². The van der Waals surface area contributed by atoms with Crippen molar-refractivity contribution in [1.29, 1.82) is 0 Å². The van der Waals surface area contributed by atoms with E-state index in [-0.39, 0.29) is 0 Å². The first-order chi connectivity index (χ1) is 11.8. The van der Waals surface area contributed by atoms with Crippen molar-refractivity contribution in [3.05, 3.63) is 36.0 Å². The lowest BCUT2D eigenvalue weighted by molar-refractivity contribution is -0.0953. The van der Waals surface area contributed by atoms with Crippen LogP contribution >= 0.6 is 0 Å². The van der Waals surface area contributed by atoms with E-state index < -0.39 is 17.3 Å². The topological polar surface area (TPSA) is 69.7 Å². The molecular formula is C19H28N2O4. The number of nitrogens with zero attached hydrogens (tertiary/aromatic N) is 1. The molecule has 1 aliphatic heterocycles. The van der Waals surface area contributed by atoms with Crippen molar-refractivity contribution in [2.75, 3.05) is 25.6 Å². The molecule has 1 amide bonds. The lowest BCUT2D eigenvalue weighted by atomic mass is 9.83. The molecule has 0 saturated carbocycles. The molecule has 0 spiro atoms. The number of rotatable bonds is 5. The van der Waals surface area contributed by atoms with Gasteiger partial charge in [0.05, 0.1) is 5.60 Å². The maximum absolute atomic E-state index is 12.0. The molecule has 1 aliphatic rings. The number of ether oxygens (including phenoxy) is 3. The zero-order valence-electron chi connectivity index (χ0n) is 15.6. The average Bonchev–Trinajstić information content (AvgIpc) is 2.54. The Labute approximate surface area is 149 Å². The molecule has 1 saturated heterocycles. The fourth-order valence-corrected chi connectivity index (χ4v) is 2.99. The standard InChI is InChI=1S/C19H28N2O4/c1-6-7-14-12-16(21-17(22)25-18(2,3)4)20-13-15(14)19(23-5)8-10-24-11-9-19/h6,12-13H,1,7-11H2,2-5H3,(H,20,21,22). The number of carbonyl (C=O) groups excluding carboxylic acids is 1. The molecule has 1 fully saturated rings. The summed E-state index contributed by atoms with van der Waals surface area (Å²) in [5.41, 5.74) is 1.08. The molecule has 0 aliphatic carbocycles. The lowest BCUT2D eigenvalue weighted by Crippen LogP contribution is -2.36. The molecule has 25 heavy (non-hydrogen) atoms. The molecule has 0 aromatic carbocycles. The van der Waals surface area contributed by atoms with Gasteiger partial charge in [0.2, 0.25) is 0 Å². The van der Waals surface area contributed by atoms with E-state index in [1.165, 1.54) is 0 Å². The van der Waals surface area contributed by atoms with Gasteiger partial charge in [0, 0.05) is 44.9 Å². The Hall–Kier alpha value is -1.92. The number of nitrogens with one attached hydrogen (secondary N) is 1. The van der Waals surface area contributed by atoms with E-state index in [0.717, 1.165) is 24.0 Å². The molecule has 0 bridgehead atoms. The predicted octanol–water partition coefficient (Wildman–Crippen LogP) is 3.81. The van der Waals surface area contributed by atoms with E-state index in [1.54, 1.807) is 13.3 Å². The second-order valence-electron chi connectivity index (χ2n) is 7.16. The second kappa shape index (κ2) is 7.97. The van der Waals surface area contributed by atoms with E-state index in [2.05, 4.69) is 16.9 Å². The normalized spacial score (nSPS) is 17.0. The maximum Gasteiger partial charge on any atom is 0.413 e. The van der Waals surface area contributed by atoms with Gasteiger partial charge in [-0.2, -0.15) is 0 Å². The summed E-state index contributed by atoms with van der Waals surface area (Å²) in [4.78, 5) is 16.4. The lowest BCUT2D eigenvalue weighted by Gasteiger charge is -2.37. The molecule has 6 heteroatoms. The fraction of sp³-hybridized carbons (Fsp3) is 0.579. The highest BCUT2D eigenvalue weighted by molar-refractivity contribution is 5.83. The highest BCUT2D eigenvalue weighted by atomic mass is 16.6. The van der Waals surface area contributed by atoms with Gasteiger partial charge in [-0.3, -0.25) is 5.32 Å². The number of allylic oxidation sites excluding steroid dienone is 1. The predicted molar refractivity (Wildman–Crippen MR) is 96.7 cm³/mol. The molecule has 138 valence electrons. The van der Waals surface area contributed by atoms with Crippen LogP contribution in [0.1, 0.15) is 44.7 Å². The first-order valence-electron chi connectivity index (χ1n) is 8.53. The zero-order valence-corrected chi connectivity index (χ0v) is 15.6. The monoisotopic (exact) mass is 348 g/mol. The Morgan fingerprint density at radius 1 is 1.44 bits per heavy atom. The van der Waals surface area contributed by atoms with Crippen molar-refractivity contribution in [1.82, 2.24) is 4.98 Å². The van der Waals surface area contributed by atoms with Crippen LogP contribution in [0.15, 0.2) is 24.9 Å². The van der Waals surface area contributed by atoms with Crippen molar-refractivity contribution in [3.8, 4) is 0 Å². The van der Waals surface area contributed by atoms with Gasteiger partial charge < -0.3 is 14.2 Å². The van der Waals surface area contributed by atoms with Crippen LogP contribution in [0.3, 0.4) is 0 Å². The van der Waals surface area contributed by atoms with Crippen molar-refractivity contribution in [2.45, 2.75) is 51.2 Å².